The van der Waals surface area contributed by atoms with E-state index in [1.54, 1.807) is 21.3 Å². The zero-order chi connectivity index (χ0) is 37.5. The van der Waals surface area contributed by atoms with E-state index in [9.17, 15) is 24.3 Å². The molecule has 3 aliphatic heterocycles. The molecule has 11 atom stereocenters. The number of fused-ring (bicyclic) bond motifs is 1. The van der Waals surface area contributed by atoms with E-state index < -0.39 is 29.6 Å². The molecule has 1 N–H and O–H groups in total. The minimum atomic E-state index is -1.66. The summed E-state index contributed by atoms with van der Waals surface area (Å²) < 4.78 is 23.8. The Labute approximate surface area is 306 Å². The number of cyclic esters (lactones) is 1. The van der Waals surface area contributed by atoms with E-state index in [0.717, 1.165) is 24.8 Å². The SMILES string of the molecule is COC1CC(C)C/C(C)=C\CC(=O)CCC(C)C(C(C)=CC2CCC(O)C(OC)C2)OC(=O)C23CCCCN2C(=O)C(C3=O)C(C)CC(OC)C1. The van der Waals surface area contributed by atoms with Gasteiger partial charge in [-0.25, -0.2) is 4.79 Å². The van der Waals surface area contributed by atoms with E-state index in [2.05, 4.69) is 19.9 Å². The highest BCUT2D eigenvalue weighted by molar-refractivity contribution is 6.23. The van der Waals surface area contributed by atoms with Crippen molar-refractivity contribution in [1.29, 1.82) is 0 Å². The first kappa shape index (κ1) is 41.4. The summed E-state index contributed by atoms with van der Waals surface area (Å²) >= 11 is 0. The van der Waals surface area contributed by atoms with E-state index in [1.807, 2.05) is 26.8 Å². The summed E-state index contributed by atoms with van der Waals surface area (Å²) in [6.07, 6.45) is 9.92. The van der Waals surface area contributed by atoms with Crippen molar-refractivity contribution in [3.8, 4) is 0 Å². The summed E-state index contributed by atoms with van der Waals surface area (Å²) in [5.41, 5.74) is 0.356. The van der Waals surface area contributed by atoms with Crippen LogP contribution in [0, 0.1) is 29.6 Å². The highest BCUT2D eigenvalue weighted by Gasteiger charge is 2.65. The molecule has 0 aromatic rings. The molecule has 10 heteroatoms. The number of methoxy groups -OCH3 is 3. The number of aliphatic hydroxyl groups excluding tert-OH is 1. The number of ketones is 2. The highest BCUT2D eigenvalue weighted by Crippen LogP contribution is 2.44. The average molecular weight is 716 g/mol. The number of piperidine rings is 1. The second kappa shape index (κ2) is 18.6. The van der Waals surface area contributed by atoms with Crippen molar-refractivity contribution in [2.75, 3.05) is 27.9 Å². The van der Waals surface area contributed by atoms with Gasteiger partial charge in [-0.15, -0.1) is 0 Å². The van der Waals surface area contributed by atoms with Gasteiger partial charge >= 0.3 is 5.97 Å². The molecule has 2 bridgehead atoms. The maximum atomic E-state index is 14.6. The van der Waals surface area contributed by atoms with Gasteiger partial charge in [0, 0.05) is 40.7 Å². The van der Waals surface area contributed by atoms with Crippen molar-refractivity contribution >= 4 is 23.4 Å². The number of hydrogen-bond acceptors (Lipinski definition) is 9. The largest absolute Gasteiger partial charge is 0.455 e. The number of Topliss-reactive ketones (excluding diaryl/α,β-unsaturated/α-hetero) is 2. The van der Waals surface area contributed by atoms with Crippen LogP contribution in [0.5, 0.6) is 0 Å². The third-order valence-electron chi connectivity index (χ3n) is 12.3. The minimum absolute atomic E-state index is 0.0721. The van der Waals surface area contributed by atoms with Crippen LogP contribution in [0.3, 0.4) is 0 Å². The Morgan fingerprint density at radius 3 is 2.31 bits per heavy atom. The summed E-state index contributed by atoms with van der Waals surface area (Å²) in [4.78, 5) is 58.0. The molecular weight excluding hydrogens is 650 g/mol. The summed E-state index contributed by atoms with van der Waals surface area (Å²) in [5, 5.41) is 10.4. The predicted molar refractivity (Wildman–Crippen MR) is 195 cm³/mol. The number of hydrogen-bond donors (Lipinski definition) is 1. The van der Waals surface area contributed by atoms with Gasteiger partial charge in [0.25, 0.3) is 0 Å². The predicted octanol–water partition coefficient (Wildman–Crippen LogP) is 6.17. The number of ether oxygens (including phenoxy) is 4. The van der Waals surface area contributed by atoms with E-state index in [-0.39, 0.29) is 60.0 Å². The Morgan fingerprint density at radius 2 is 1.63 bits per heavy atom. The number of rotatable bonds is 5. The maximum Gasteiger partial charge on any atom is 0.340 e. The highest BCUT2D eigenvalue weighted by atomic mass is 16.5. The molecule has 51 heavy (non-hydrogen) atoms. The first-order chi connectivity index (χ1) is 24.2. The van der Waals surface area contributed by atoms with E-state index in [0.29, 0.717) is 70.3 Å². The van der Waals surface area contributed by atoms with E-state index in [4.69, 9.17) is 18.9 Å². The third kappa shape index (κ3) is 9.78. The Bertz CT molecular complexity index is 1290. The van der Waals surface area contributed by atoms with Gasteiger partial charge in [-0.3, -0.25) is 14.4 Å². The molecule has 2 saturated heterocycles. The molecule has 11 unspecified atom stereocenters. The Kier molecular flexibility index (Phi) is 15.1. The Morgan fingerprint density at radius 1 is 0.922 bits per heavy atom. The number of amides is 1. The standard InChI is InChI=1S/C41H65NO9/c1-25-11-14-31(43)15-12-27(3)37(29(5)21-30-13-16-34(44)35(23-30)50-8)51-40(47)41-17-9-10-18-42(41)39(46)36(38(41)45)28(4)22-33(49-7)24-32(48-6)20-26(2)19-25/h11,21,26-28,30,32-37,44H,9-10,12-20,22-24H2,1-8H3/b25-11-,29-21?. The fourth-order valence-corrected chi connectivity index (χ4v) is 9.29. The first-order valence-electron chi connectivity index (χ1n) is 19.4. The molecule has 10 nitrogen and oxygen atoms in total. The molecule has 1 aliphatic carbocycles. The lowest BCUT2D eigenvalue weighted by atomic mass is 9.78. The average Bonchev–Trinajstić information content (AvgIpc) is 3.34. The number of nitrogens with zero attached hydrogens (tertiary/aromatic N) is 1. The van der Waals surface area contributed by atoms with Crippen LogP contribution in [0.15, 0.2) is 23.3 Å². The van der Waals surface area contributed by atoms with Gasteiger partial charge < -0.3 is 29.0 Å². The Hall–Kier alpha value is -2.40. The molecular formula is C41H65NO9. The molecule has 0 aromatic carbocycles. The second-order valence-electron chi connectivity index (χ2n) is 16.3. The zero-order valence-electron chi connectivity index (χ0n) is 32.5. The number of aliphatic hydroxyl groups is 1. The third-order valence-corrected chi connectivity index (χ3v) is 12.3. The lowest BCUT2D eigenvalue weighted by molar-refractivity contribution is -0.169. The zero-order valence-corrected chi connectivity index (χ0v) is 32.5. The summed E-state index contributed by atoms with van der Waals surface area (Å²) in [7, 11) is 4.96. The molecule has 3 fully saturated rings. The van der Waals surface area contributed by atoms with E-state index in [1.165, 1.54) is 10.5 Å². The number of carbonyl (C=O) groups excluding carboxylic acids is 4. The minimum Gasteiger partial charge on any atom is -0.455 e. The maximum absolute atomic E-state index is 14.6. The Balaban J connectivity index is 1.70. The van der Waals surface area contributed by atoms with Gasteiger partial charge in [-0.2, -0.15) is 0 Å². The van der Waals surface area contributed by atoms with Gasteiger partial charge in [0.1, 0.15) is 17.8 Å². The van der Waals surface area contributed by atoms with Crippen LogP contribution in [0.2, 0.25) is 0 Å². The van der Waals surface area contributed by atoms with Gasteiger partial charge in [0.2, 0.25) is 5.91 Å². The van der Waals surface area contributed by atoms with Crippen LogP contribution >= 0.6 is 0 Å². The number of carbonyl (C=O) groups is 4. The monoisotopic (exact) mass is 715 g/mol. The van der Waals surface area contributed by atoms with Gasteiger partial charge in [-0.05, 0) is 114 Å². The van der Waals surface area contributed by atoms with Crippen LogP contribution in [0.4, 0.5) is 0 Å². The van der Waals surface area contributed by atoms with Crippen LogP contribution in [0.25, 0.3) is 0 Å². The summed E-state index contributed by atoms with van der Waals surface area (Å²) in [5.74, 6) is -2.29. The fourth-order valence-electron chi connectivity index (χ4n) is 9.29. The molecule has 0 aromatic heterocycles. The molecule has 0 radical (unpaired) electrons. The van der Waals surface area contributed by atoms with Crippen molar-refractivity contribution in [1.82, 2.24) is 4.90 Å². The quantitative estimate of drug-likeness (QED) is 0.202. The number of esters is 1. The van der Waals surface area contributed by atoms with Crippen molar-refractivity contribution < 1.29 is 43.2 Å². The van der Waals surface area contributed by atoms with Crippen LogP contribution in [-0.2, 0) is 38.1 Å². The lowest BCUT2D eigenvalue weighted by Crippen LogP contribution is -2.59. The topological polar surface area (TPSA) is 129 Å². The van der Waals surface area contributed by atoms with Crippen LogP contribution in [-0.4, -0.2) is 97.4 Å². The normalized spacial score (nSPS) is 39.8. The fraction of sp³-hybridized carbons (Fsp3) is 0.805. The summed E-state index contributed by atoms with van der Waals surface area (Å²) in [6.45, 7) is 10.4. The molecule has 1 spiro atoms. The second-order valence-corrected chi connectivity index (χ2v) is 16.3. The molecule has 3 heterocycles. The van der Waals surface area contributed by atoms with Crippen molar-refractivity contribution in [2.45, 2.75) is 154 Å². The first-order valence-corrected chi connectivity index (χ1v) is 19.4. The van der Waals surface area contributed by atoms with Gasteiger partial charge in [-0.1, -0.05) is 38.5 Å². The van der Waals surface area contributed by atoms with E-state index >= 15 is 0 Å². The van der Waals surface area contributed by atoms with Crippen molar-refractivity contribution in [3.05, 3.63) is 23.3 Å². The smallest absolute Gasteiger partial charge is 0.340 e. The van der Waals surface area contributed by atoms with Crippen molar-refractivity contribution in [2.24, 2.45) is 29.6 Å². The molecule has 4 aliphatic rings. The van der Waals surface area contributed by atoms with Crippen LogP contribution in [0.1, 0.15) is 118 Å². The molecule has 4 rings (SSSR count). The molecule has 1 saturated carbocycles. The summed E-state index contributed by atoms with van der Waals surface area (Å²) in [6, 6.07) is 0. The molecule has 1 amide bonds. The van der Waals surface area contributed by atoms with Crippen LogP contribution < -0.4 is 0 Å². The van der Waals surface area contributed by atoms with Gasteiger partial charge in [0.05, 0.1) is 24.4 Å². The lowest BCUT2D eigenvalue weighted by Gasteiger charge is -2.40. The molecule has 288 valence electrons. The van der Waals surface area contributed by atoms with Gasteiger partial charge in [0.15, 0.2) is 11.3 Å². The van der Waals surface area contributed by atoms with Crippen molar-refractivity contribution in [3.63, 3.8) is 0 Å². The number of allylic oxidation sites excluding steroid dienone is 3.